The third-order valence-electron chi connectivity index (χ3n) is 6.00. The van der Waals surface area contributed by atoms with Gasteiger partial charge in [0.15, 0.2) is 0 Å². The van der Waals surface area contributed by atoms with Crippen LogP contribution < -0.4 is 4.74 Å². The average Bonchev–Trinajstić information content (AvgIpc) is 3.42. The molecule has 5 nitrogen and oxygen atoms in total. The molecule has 1 aromatic heterocycles. The Bertz CT molecular complexity index is 1330. The number of nitrogens with zero attached hydrogens (tertiary/aromatic N) is 1. The molecule has 0 amide bonds. The molecule has 0 spiro atoms. The van der Waals surface area contributed by atoms with Crippen molar-refractivity contribution in [3.63, 3.8) is 0 Å². The second-order valence-corrected chi connectivity index (χ2v) is 10.2. The molecule has 2 aromatic carbocycles. The standard InChI is InChI=1S/C31H33IN2O3/c1-21-19-23(3)33-30(21)29(25-8-10-26(32)11-9-25)31-22(2)20-27(34-31)12-5-24-6-13-28(14-7-24)37-18-17-36-16-15-35-4/h5-14,19-20,33H,15-18H2,1-4H3/b12-5+,31-29+. The van der Waals surface area contributed by atoms with Crippen molar-refractivity contribution in [3.8, 4) is 5.75 Å². The van der Waals surface area contributed by atoms with Gasteiger partial charge in [0.25, 0.3) is 0 Å². The van der Waals surface area contributed by atoms with E-state index in [1.165, 1.54) is 9.13 Å². The summed E-state index contributed by atoms with van der Waals surface area (Å²) in [6.07, 6.45) is 6.29. The molecule has 0 fully saturated rings. The van der Waals surface area contributed by atoms with E-state index in [2.05, 4.69) is 96.9 Å². The van der Waals surface area contributed by atoms with Crippen LogP contribution in [-0.2, 0) is 9.47 Å². The van der Waals surface area contributed by atoms with E-state index in [1.807, 2.05) is 24.3 Å². The van der Waals surface area contributed by atoms with Crippen LogP contribution in [0, 0.1) is 17.4 Å². The number of hydrogen-bond acceptors (Lipinski definition) is 4. The second-order valence-electron chi connectivity index (χ2n) is 8.96. The van der Waals surface area contributed by atoms with E-state index in [9.17, 15) is 0 Å². The Hall–Kier alpha value is -2.94. The van der Waals surface area contributed by atoms with Crippen molar-refractivity contribution < 1.29 is 14.2 Å². The zero-order chi connectivity index (χ0) is 26.2. The predicted octanol–water partition coefficient (Wildman–Crippen LogP) is 7.15. The number of rotatable bonds is 11. The first-order valence-corrected chi connectivity index (χ1v) is 13.4. The Balaban J connectivity index is 1.52. The van der Waals surface area contributed by atoms with Gasteiger partial charge in [-0.15, -0.1) is 0 Å². The van der Waals surface area contributed by atoms with Crippen molar-refractivity contribution in [2.24, 2.45) is 4.99 Å². The van der Waals surface area contributed by atoms with Crippen molar-refractivity contribution in [3.05, 3.63) is 110 Å². The summed E-state index contributed by atoms with van der Waals surface area (Å²) in [5, 5.41) is 0. The van der Waals surface area contributed by atoms with Gasteiger partial charge in [-0.25, -0.2) is 4.99 Å². The number of benzene rings is 2. The predicted molar refractivity (Wildman–Crippen MR) is 160 cm³/mol. The third kappa shape index (κ3) is 7.31. The molecule has 4 rings (SSSR count). The number of ether oxygens (including phenoxy) is 3. The van der Waals surface area contributed by atoms with Crippen LogP contribution in [0.2, 0.25) is 0 Å². The second kappa shape index (κ2) is 13.0. The lowest BCUT2D eigenvalue weighted by molar-refractivity contribution is 0.0544. The minimum atomic E-state index is 0.512. The molecule has 1 aliphatic heterocycles. The Kier molecular flexibility index (Phi) is 9.55. The highest BCUT2D eigenvalue weighted by atomic mass is 127. The largest absolute Gasteiger partial charge is 0.491 e. The van der Waals surface area contributed by atoms with Gasteiger partial charge in [-0.1, -0.05) is 30.3 Å². The highest BCUT2D eigenvalue weighted by molar-refractivity contribution is 14.1. The summed E-state index contributed by atoms with van der Waals surface area (Å²) in [5.74, 6) is 0.824. The Labute approximate surface area is 233 Å². The van der Waals surface area contributed by atoms with Gasteiger partial charge in [0.1, 0.15) is 12.4 Å². The number of aliphatic imine (C=N–C) groups is 1. The zero-order valence-corrected chi connectivity index (χ0v) is 24.0. The normalized spacial score (nSPS) is 14.7. The van der Waals surface area contributed by atoms with E-state index in [0.29, 0.717) is 26.4 Å². The first kappa shape index (κ1) is 27.1. The van der Waals surface area contributed by atoms with Gasteiger partial charge < -0.3 is 19.2 Å². The first-order chi connectivity index (χ1) is 17.9. The number of hydrogen-bond donors (Lipinski definition) is 1. The molecule has 0 saturated carbocycles. The highest BCUT2D eigenvalue weighted by Crippen LogP contribution is 2.35. The number of aryl methyl sites for hydroxylation is 2. The lowest BCUT2D eigenvalue weighted by Crippen LogP contribution is -2.09. The molecule has 0 saturated heterocycles. The maximum absolute atomic E-state index is 5.74. The Morgan fingerprint density at radius 3 is 2.32 bits per heavy atom. The molecule has 37 heavy (non-hydrogen) atoms. The molecule has 1 aliphatic rings. The number of aromatic amines is 1. The smallest absolute Gasteiger partial charge is 0.119 e. The van der Waals surface area contributed by atoms with Crippen molar-refractivity contribution in [1.82, 2.24) is 4.98 Å². The maximum atomic E-state index is 5.74. The highest BCUT2D eigenvalue weighted by Gasteiger charge is 2.20. The molecule has 0 radical (unpaired) electrons. The maximum Gasteiger partial charge on any atom is 0.119 e. The van der Waals surface area contributed by atoms with Gasteiger partial charge in [-0.05, 0) is 108 Å². The zero-order valence-electron chi connectivity index (χ0n) is 21.8. The van der Waals surface area contributed by atoms with Gasteiger partial charge in [-0.2, -0.15) is 0 Å². The summed E-state index contributed by atoms with van der Waals surface area (Å²) in [6, 6.07) is 18.8. The van der Waals surface area contributed by atoms with Crippen LogP contribution in [0.15, 0.2) is 83.0 Å². The van der Waals surface area contributed by atoms with Crippen LogP contribution >= 0.6 is 22.6 Å². The van der Waals surface area contributed by atoms with Crippen molar-refractivity contribution in [2.45, 2.75) is 20.8 Å². The minimum absolute atomic E-state index is 0.512. The number of methoxy groups -OCH3 is 1. The summed E-state index contributed by atoms with van der Waals surface area (Å²) in [4.78, 5) is 8.61. The monoisotopic (exact) mass is 608 g/mol. The summed E-state index contributed by atoms with van der Waals surface area (Å²) in [6.45, 7) is 8.59. The van der Waals surface area contributed by atoms with Crippen molar-refractivity contribution in [1.29, 1.82) is 0 Å². The number of halogens is 1. The van der Waals surface area contributed by atoms with E-state index in [1.54, 1.807) is 7.11 Å². The van der Waals surface area contributed by atoms with E-state index in [4.69, 9.17) is 19.2 Å². The topological polar surface area (TPSA) is 55.8 Å². The number of nitrogens with one attached hydrogen (secondary N) is 1. The quantitative estimate of drug-likeness (QED) is 0.186. The molecule has 0 aliphatic carbocycles. The van der Waals surface area contributed by atoms with Crippen LogP contribution in [0.4, 0.5) is 0 Å². The van der Waals surface area contributed by atoms with Crippen LogP contribution in [0.5, 0.6) is 5.75 Å². The third-order valence-corrected chi connectivity index (χ3v) is 6.72. The summed E-state index contributed by atoms with van der Waals surface area (Å²) < 4.78 is 17.4. The summed E-state index contributed by atoms with van der Waals surface area (Å²) >= 11 is 2.34. The molecule has 0 atom stereocenters. The molecule has 6 heteroatoms. The molecule has 0 bridgehead atoms. The average molecular weight is 609 g/mol. The SMILES string of the molecule is COCCOCCOc1ccc(/C=C/C2=NC(=C(\c3ccc(I)cc3)c3[nH]c(C)cc3C)/C(C)=C2)cc1. The van der Waals surface area contributed by atoms with Crippen LogP contribution in [-0.4, -0.2) is 44.2 Å². The molecular formula is C31H33IN2O3. The number of allylic oxidation sites excluding steroid dienone is 3. The van der Waals surface area contributed by atoms with Gasteiger partial charge in [-0.3, -0.25) is 0 Å². The van der Waals surface area contributed by atoms with Gasteiger partial charge >= 0.3 is 0 Å². The fourth-order valence-electron chi connectivity index (χ4n) is 4.20. The van der Waals surface area contributed by atoms with Crippen molar-refractivity contribution in [2.75, 3.05) is 33.5 Å². The lowest BCUT2D eigenvalue weighted by Gasteiger charge is -2.12. The fraction of sp³-hybridized carbons (Fsp3) is 0.258. The van der Waals surface area contributed by atoms with E-state index < -0.39 is 0 Å². The van der Waals surface area contributed by atoms with Gasteiger partial charge in [0.2, 0.25) is 0 Å². The fourth-order valence-corrected chi connectivity index (χ4v) is 4.56. The molecule has 2 heterocycles. The molecule has 0 unspecified atom stereocenters. The van der Waals surface area contributed by atoms with Crippen LogP contribution in [0.3, 0.4) is 0 Å². The molecule has 1 N–H and O–H groups in total. The first-order valence-electron chi connectivity index (χ1n) is 12.4. The Morgan fingerprint density at radius 1 is 0.919 bits per heavy atom. The lowest BCUT2D eigenvalue weighted by atomic mass is 9.96. The number of H-pyrrole nitrogens is 1. The molecule has 3 aromatic rings. The number of aromatic nitrogens is 1. The van der Waals surface area contributed by atoms with E-state index in [-0.39, 0.29) is 0 Å². The van der Waals surface area contributed by atoms with Crippen LogP contribution in [0.1, 0.15) is 35.0 Å². The molecule has 192 valence electrons. The summed E-state index contributed by atoms with van der Waals surface area (Å²) in [7, 11) is 1.66. The molecular weight excluding hydrogens is 575 g/mol. The van der Waals surface area contributed by atoms with E-state index in [0.717, 1.165) is 50.8 Å². The van der Waals surface area contributed by atoms with E-state index >= 15 is 0 Å². The summed E-state index contributed by atoms with van der Waals surface area (Å²) in [5.41, 5.74) is 9.94. The van der Waals surface area contributed by atoms with Gasteiger partial charge in [0.05, 0.1) is 36.9 Å². The van der Waals surface area contributed by atoms with Crippen LogP contribution in [0.25, 0.3) is 11.6 Å². The minimum Gasteiger partial charge on any atom is -0.491 e. The van der Waals surface area contributed by atoms with Crippen molar-refractivity contribution >= 4 is 40.0 Å². The Morgan fingerprint density at radius 2 is 1.65 bits per heavy atom. The van der Waals surface area contributed by atoms with Gasteiger partial charge in [0, 0.05) is 21.9 Å².